The lowest BCUT2D eigenvalue weighted by Crippen LogP contribution is -2.21. The molecule has 1 aliphatic carbocycles. The van der Waals surface area contributed by atoms with Crippen LogP contribution < -0.4 is 14.8 Å². The summed E-state index contributed by atoms with van der Waals surface area (Å²) in [6.07, 6.45) is 6.21. The van der Waals surface area contributed by atoms with Gasteiger partial charge in [0.05, 0.1) is 31.7 Å². The van der Waals surface area contributed by atoms with Gasteiger partial charge < -0.3 is 14.0 Å². The number of nitrogens with zero attached hydrogens (tertiary/aromatic N) is 2. The average Bonchev–Trinajstić information content (AvgIpc) is 3.11. The van der Waals surface area contributed by atoms with Crippen molar-refractivity contribution in [3.63, 3.8) is 0 Å². The Kier molecular flexibility index (Phi) is 5.69. The van der Waals surface area contributed by atoms with E-state index in [-0.39, 0.29) is 12.3 Å². The fraction of sp³-hybridized carbons (Fsp3) is 0.391. The lowest BCUT2D eigenvalue weighted by Gasteiger charge is -2.25. The number of carbonyl (C=O) groups excluding carboxylic acids is 1. The minimum atomic E-state index is -0.0930. The molecule has 1 aromatic heterocycles. The first kappa shape index (κ1) is 19.3. The fourth-order valence-electron chi connectivity index (χ4n) is 4.19. The maximum Gasteiger partial charge on any atom is 0.231 e. The molecule has 0 atom stereocenters. The van der Waals surface area contributed by atoms with Crippen LogP contribution in [0.4, 0.5) is 5.95 Å². The number of methoxy groups -OCH3 is 2. The van der Waals surface area contributed by atoms with Crippen molar-refractivity contribution in [2.75, 3.05) is 19.5 Å². The van der Waals surface area contributed by atoms with E-state index in [2.05, 4.69) is 16.0 Å². The Morgan fingerprint density at radius 1 is 1.07 bits per heavy atom. The lowest BCUT2D eigenvalue weighted by atomic mass is 9.95. The number of anilines is 1. The van der Waals surface area contributed by atoms with Crippen LogP contribution in [0.15, 0.2) is 42.5 Å². The smallest absolute Gasteiger partial charge is 0.231 e. The Bertz CT molecular complexity index is 1010. The molecule has 0 saturated heterocycles. The summed E-state index contributed by atoms with van der Waals surface area (Å²) in [4.78, 5) is 17.5. The van der Waals surface area contributed by atoms with Crippen LogP contribution in [0.3, 0.4) is 0 Å². The minimum Gasteiger partial charge on any atom is -0.493 e. The molecular weight excluding hydrogens is 366 g/mol. The molecule has 0 aliphatic heterocycles. The van der Waals surface area contributed by atoms with Crippen molar-refractivity contribution in [1.82, 2.24) is 9.55 Å². The normalized spacial score (nSPS) is 14.7. The van der Waals surface area contributed by atoms with Gasteiger partial charge in [-0.15, -0.1) is 0 Å². The van der Waals surface area contributed by atoms with Gasteiger partial charge in [0.1, 0.15) is 0 Å². The van der Waals surface area contributed by atoms with E-state index in [1.165, 1.54) is 19.3 Å². The van der Waals surface area contributed by atoms with Gasteiger partial charge in [0.15, 0.2) is 11.5 Å². The second-order valence-electron chi connectivity index (χ2n) is 7.50. The van der Waals surface area contributed by atoms with E-state index in [4.69, 9.17) is 14.5 Å². The summed E-state index contributed by atoms with van der Waals surface area (Å²) in [6, 6.07) is 14.0. The second kappa shape index (κ2) is 8.55. The quantitative estimate of drug-likeness (QED) is 0.657. The van der Waals surface area contributed by atoms with E-state index in [0.717, 1.165) is 29.4 Å². The highest BCUT2D eigenvalue weighted by atomic mass is 16.5. The highest BCUT2D eigenvalue weighted by Gasteiger charge is 2.22. The SMILES string of the molecule is COc1ccc(CC(=O)Nc2nc3ccccc3n2C2CCCCC2)cc1OC. The summed E-state index contributed by atoms with van der Waals surface area (Å²) >= 11 is 0. The number of imidazole rings is 1. The van der Waals surface area contributed by atoms with E-state index in [1.807, 2.05) is 36.4 Å². The molecule has 0 bridgehead atoms. The Balaban J connectivity index is 1.58. The van der Waals surface area contributed by atoms with Crippen LogP contribution in [0.5, 0.6) is 11.5 Å². The molecule has 0 spiro atoms. The van der Waals surface area contributed by atoms with Crippen molar-refractivity contribution in [3.8, 4) is 11.5 Å². The predicted octanol–water partition coefficient (Wildman–Crippen LogP) is 4.74. The van der Waals surface area contributed by atoms with Crippen LogP contribution in [0.25, 0.3) is 11.0 Å². The van der Waals surface area contributed by atoms with Crippen molar-refractivity contribution in [1.29, 1.82) is 0 Å². The molecule has 6 nitrogen and oxygen atoms in total. The van der Waals surface area contributed by atoms with Crippen LogP contribution in [-0.2, 0) is 11.2 Å². The van der Waals surface area contributed by atoms with Crippen LogP contribution >= 0.6 is 0 Å². The molecule has 1 heterocycles. The van der Waals surface area contributed by atoms with Gasteiger partial charge >= 0.3 is 0 Å². The first-order chi connectivity index (χ1) is 14.2. The van der Waals surface area contributed by atoms with Gasteiger partial charge in [0.2, 0.25) is 11.9 Å². The van der Waals surface area contributed by atoms with E-state index < -0.39 is 0 Å². The van der Waals surface area contributed by atoms with Gasteiger partial charge in [-0.05, 0) is 42.7 Å². The molecule has 3 aromatic rings. The number of rotatable bonds is 6. The third-order valence-electron chi connectivity index (χ3n) is 5.60. The molecular formula is C23H27N3O3. The first-order valence-corrected chi connectivity index (χ1v) is 10.2. The average molecular weight is 393 g/mol. The van der Waals surface area contributed by atoms with Gasteiger partial charge in [0.25, 0.3) is 0 Å². The molecule has 6 heteroatoms. The molecule has 4 rings (SSSR count). The van der Waals surface area contributed by atoms with E-state index >= 15 is 0 Å². The molecule has 1 amide bonds. The standard InChI is InChI=1S/C23H27N3O3/c1-28-20-13-12-16(14-21(20)29-2)15-22(27)25-23-24-18-10-6-7-11-19(18)26(23)17-8-4-3-5-9-17/h6-7,10-14,17H,3-5,8-9,15H2,1-2H3,(H,24,25,27). The Morgan fingerprint density at radius 3 is 2.59 bits per heavy atom. The van der Waals surface area contributed by atoms with Crippen LogP contribution in [0.1, 0.15) is 43.7 Å². The van der Waals surface area contributed by atoms with E-state index in [9.17, 15) is 4.79 Å². The molecule has 0 unspecified atom stereocenters. The Labute approximate surface area is 170 Å². The van der Waals surface area contributed by atoms with E-state index in [0.29, 0.717) is 23.5 Å². The van der Waals surface area contributed by atoms with Gasteiger partial charge in [-0.3, -0.25) is 10.1 Å². The summed E-state index contributed by atoms with van der Waals surface area (Å²) in [5, 5.41) is 3.05. The zero-order chi connectivity index (χ0) is 20.2. The summed E-state index contributed by atoms with van der Waals surface area (Å²) in [5.74, 6) is 1.82. The Morgan fingerprint density at radius 2 is 1.83 bits per heavy atom. The molecule has 0 radical (unpaired) electrons. The zero-order valence-electron chi connectivity index (χ0n) is 17.0. The summed E-state index contributed by atoms with van der Waals surface area (Å²) in [6.45, 7) is 0. The highest BCUT2D eigenvalue weighted by Crippen LogP contribution is 2.34. The second-order valence-corrected chi connectivity index (χ2v) is 7.50. The molecule has 152 valence electrons. The number of hydrogen-bond acceptors (Lipinski definition) is 4. The number of para-hydroxylation sites is 2. The van der Waals surface area contributed by atoms with Gasteiger partial charge in [-0.1, -0.05) is 37.5 Å². The number of ether oxygens (including phenoxy) is 2. The van der Waals surface area contributed by atoms with Crippen molar-refractivity contribution < 1.29 is 14.3 Å². The van der Waals surface area contributed by atoms with Gasteiger partial charge in [-0.25, -0.2) is 4.98 Å². The van der Waals surface area contributed by atoms with E-state index in [1.54, 1.807) is 14.2 Å². The third-order valence-corrected chi connectivity index (χ3v) is 5.60. The maximum absolute atomic E-state index is 12.8. The molecule has 2 aromatic carbocycles. The molecule has 1 aliphatic rings. The molecule has 1 saturated carbocycles. The largest absolute Gasteiger partial charge is 0.493 e. The number of aromatic nitrogens is 2. The van der Waals surface area contributed by atoms with Gasteiger partial charge in [-0.2, -0.15) is 0 Å². The molecule has 29 heavy (non-hydrogen) atoms. The molecule has 1 N–H and O–H groups in total. The summed E-state index contributed by atoms with van der Waals surface area (Å²) in [5.41, 5.74) is 2.86. The number of benzene rings is 2. The number of hydrogen-bond donors (Lipinski definition) is 1. The van der Waals surface area contributed by atoms with Gasteiger partial charge in [0, 0.05) is 6.04 Å². The minimum absolute atomic E-state index is 0.0930. The van der Waals surface area contributed by atoms with Crippen LogP contribution in [-0.4, -0.2) is 29.7 Å². The number of fused-ring (bicyclic) bond motifs is 1. The molecule has 1 fully saturated rings. The Hall–Kier alpha value is -3.02. The van der Waals surface area contributed by atoms with Crippen molar-refractivity contribution in [3.05, 3.63) is 48.0 Å². The lowest BCUT2D eigenvalue weighted by molar-refractivity contribution is -0.115. The monoisotopic (exact) mass is 393 g/mol. The first-order valence-electron chi connectivity index (χ1n) is 10.2. The summed E-state index contributed by atoms with van der Waals surface area (Å²) < 4.78 is 12.8. The fourth-order valence-corrected chi connectivity index (χ4v) is 4.19. The summed E-state index contributed by atoms with van der Waals surface area (Å²) in [7, 11) is 3.19. The van der Waals surface area contributed by atoms with Crippen molar-refractivity contribution in [2.45, 2.75) is 44.6 Å². The van der Waals surface area contributed by atoms with Crippen molar-refractivity contribution in [2.24, 2.45) is 0 Å². The van der Waals surface area contributed by atoms with Crippen molar-refractivity contribution >= 4 is 22.9 Å². The number of amides is 1. The number of nitrogens with one attached hydrogen (secondary N) is 1. The third kappa shape index (κ3) is 4.06. The van der Waals surface area contributed by atoms with Crippen LogP contribution in [0, 0.1) is 0 Å². The highest BCUT2D eigenvalue weighted by molar-refractivity contribution is 5.93. The zero-order valence-corrected chi connectivity index (χ0v) is 17.0. The topological polar surface area (TPSA) is 65.4 Å². The van der Waals surface area contributed by atoms with Crippen LogP contribution in [0.2, 0.25) is 0 Å². The predicted molar refractivity (Wildman–Crippen MR) is 114 cm³/mol. The number of carbonyl (C=O) groups is 1. The maximum atomic E-state index is 12.8.